The lowest BCUT2D eigenvalue weighted by Crippen LogP contribution is -2.16. The van der Waals surface area contributed by atoms with E-state index in [4.69, 9.17) is 26.2 Å². The van der Waals surface area contributed by atoms with Crippen molar-refractivity contribution in [2.75, 3.05) is 24.7 Å². The Labute approximate surface area is 245 Å². The van der Waals surface area contributed by atoms with Gasteiger partial charge in [-0.15, -0.1) is 0 Å². The van der Waals surface area contributed by atoms with Crippen molar-refractivity contribution in [2.24, 2.45) is 0 Å². The summed E-state index contributed by atoms with van der Waals surface area (Å²) < 4.78 is 62.3. The summed E-state index contributed by atoms with van der Waals surface area (Å²) in [6.45, 7) is -3.86. The molecule has 0 unspecified atom stereocenters. The van der Waals surface area contributed by atoms with Gasteiger partial charge in [0.1, 0.15) is 41.8 Å². The van der Waals surface area contributed by atoms with E-state index in [1.807, 2.05) is 18.2 Å². The van der Waals surface area contributed by atoms with Gasteiger partial charge in [-0.25, -0.2) is 19.2 Å². The van der Waals surface area contributed by atoms with Crippen molar-refractivity contribution < 1.29 is 28.2 Å². The predicted octanol–water partition coefficient (Wildman–Crippen LogP) is 7.32. The van der Waals surface area contributed by atoms with Gasteiger partial charge in [0, 0.05) is 43.7 Å². The molecule has 2 N–H and O–H groups in total. The van der Waals surface area contributed by atoms with Crippen molar-refractivity contribution in [1.82, 2.24) is 15.3 Å². The first-order valence-electron chi connectivity index (χ1n) is 14.0. The van der Waals surface area contributed by atoms with Gasteiger partial charge >= 0.3 is 0 Å². The quantitative estimate of drug-likeness (QED) is 0.0639. The fourth-order valence-electron chi connectivity index (χ4n) is 3.70. The molecule has 0 radical (unpaired) electrons. The second kappa shape index (κ2) is 13.6. The normalized spacial score (nSPS) is 13.4. The Morgan fingerprint density at radius 3 is 2.85 bits per heavy atom. The highest BCUT2D eigenvalue weighted by Gasteiger charge is 2.11. The van der Waals surface area contributed by atoms with Crippen molar-refractivity contribution in [3.8, 4) is 17.1 Å². The third-order valence-corrected chi connectivity index (χ3v) is 6.30. The van der Waals surface area contributed by atoms with E-state index in [0.29, 0.717) is 33.9 Å². The topological polar surface area (TPSA) is 90.7 Å². The van der Waals surface area contributed by atoms with Crippen LogP contribution in [-0.4, -0.2) is 29.3 Å². The zero-order valence-corrected chi connectivity index (χ0v) is 22.7. The van der Waals surface area contributed by atoms with Crippen molar-refractivity contribution >= 4 is 46.1 Å². The molecule has 0 fully saturated rings. The van der Waals surface area contributed by atoms with Gasteiger partial charge in [0.25, 0.3) is 0 Å². The number of aromatic nitrogens is 2. The summed E-state index contributed by atoms with van der Waals surface area (Å²) in [5.41, 5.74) is 2.02. The molecule has 2 heterocycles. The lowest BCUT2D eigenvalue weighted by molar-refractivity contribution is -0.160. The largest absolute Gasteiger partial charge is 0.487 e. The van der Waals surface area contributed by atoms with Gasteiger partial charge in [-0.3, -0.25) is 0 Å². The maximum absolute atomic E-state index is 13.6. The first kappa shape index (κ1) is 23.1. The predicted molar refractivity (Wildman–Crippen MR) is 155 cm³/mol. The van der Waals surface area contributed by atoms with Crippen LogP contribution in [0.15, 0.2) is 83.5 Å². The molecule has 3 aromatic carbocycles. The maximum atomic E-state index is 13.6. The van der Waals surface area contributed by atoms with Crippen LogP contribution in [-0.2, 0) is 22.3 Å². The zero-order chi connectivity index (χ0) is 31.3. The molecule has 0 aliphatic rings. The first-order valence-corrected chi connectivity index (χ1v) is 13.2. The summed E-state index contributed by atoms with van der Waals surface area (Å²) in [6, 6.07) is 19.0. The summed E-state index contributed by atoms with van der Waals surface area (Å²) in [7, 11) is 1.35. The fraction of sp³-hybridized carbons (Fsp3) is 0.172. The molecule has 2 aromatic heterocycles. The van der Waals surface area contributed by atoms with Gasteiger partial charge in [0.05, 0.1) is 26.9 Å². The standard InChI is InChI=1S/C29H26ClFN4O4S/c1-36-39-40-12-11-32-16-23-7-10-27(38-23)20-5-8-26-24(14-20)29(34-18-33-26)35-22-6-9-28(25(30)15-22)37-17-19-3-2-4-21(31)13-19/h2-10,13-15,18,32H,11-12,16-17H2,1H3,(H,33,34,35)/i11D2,17D2. The molecule has 0 amide bonds. The highest BCUT2D eigenvalue weighted by Crippen LogP contribution is 2.32. The van der Waals surface area contributed by atoms with E-state index in [1.54, 1.807) is 24.3 Å². The minimum atomic E-state index is -2.31. The highest BCUT2D eigenvalue weighted by atomic mass is 35.5. The van der Waals surface area contributed by atoms with Crippen LogP contribution >= 0.6 is 23.6 Å². The van der Waals surface area contributed by atoms with Crippen LogP contribution in [0.3, 0.4) is 0 Å². The molecule has 206 valence electrons. The molecule has 0 aliphatic heterocycles. The number of halogens is 2. The molecule has 0 aliphatic carbocycles. The number of nitrogens with one attached hydrogen (secondary N) is 2. The summed E-state index contributed by atoms with van der Waals surface area (Å²) >= 11 is 7.29. The molecule has 8 nitrogen and oxygen atoms in total. The van der Waals surface area contributed by atoms with E-state index in [2.05, 4.69) is 29.8 Å². The van der Waals surface area contributed by atoms with E-state index in [-0.39, 0.29) is 28.6 Å². The Bertz CT molecular complexity index is 1760. The first-order chi connectivity index (χ1) is 21.0. The third kappa shape index (κ3) is 7.29. The molecule has 0 atom stereocenters. The summed E-state index contributed by atoms with van der Waals surface area (Å²) in [6.07, 6.45) is 1.43. The van der Waals surface area contributed by atoms with Crippen LogP contribution in [0, 0.1) is 5.82 Å². The number of hydrogen-bond acceptors (Lipinski definition) is 9. The van der Waals surface area contributed by atoms with Gasteiger partial charge < -0.3 is 19.8 Å². The van der Waals surface area contributed by atoms with Gasteiger partial charge in [-0.2, -0.15) is 4.33 Å². The SMILES string of the molecule is [2H]C([2H])(CSOOC)NCc1ccc(-c2ccc3ncnc(Nc4ccc(OC([2H])([2H])c5cccc(F)c5)c(Cl)c4)c3c2)o1. The van der Waals surface area contributed by atoms with E-state index in [9.17, 15) is 4.39 Å². The Hall–Kier alpha value is -3.67. The van der Waals surface area contributed by atoms with Crippen molar-refractivity contribution in [1.29, 1.82) is 0 Å². The summed E-state index contributed by atoms with van der Waals surface area (Å²) in [4.78, 5) is 13.2. The molecule has 11 heteroatoms. The lowest BCUT2D eigenvalue weighted by Gasteiger charge is -2.12. The minimum Gasteiger partial charge on any atom is -0.487 e. The highest BCUT2D eigenvalue weighted by molar-refractivity contribution is 7.94. The van der Waals surface area contributed by atoms with Crippen molar-refractivity contribution in [3.05, 3.63) is 101 Å². The van der Waals surface area contributed by atoms with E-state index >= 15 is 0 Å². The molecule has 5 rings (SSSR count). The van der Waals surface area contributed by atoms with E-state index < -0.39 is 18.9 Å². The lowest BCUT2D eigenvalue weighted by atomic mass is 10.1. The van der Waals surface area contributed by atoms with Crippen LogP contribution in [0.4, 0.5) is 15.9 Å². The number of benzene rings is 3. The number of furan rings is 1. The monoisotopic (exact) mass is 584 g/mol. The van der Waals surface area contributed by atoms with Gasteiger partial charge in [0.15, 0.2) is 0 Å². The second-order valence-corrected chi connectivity index (χ2v) is 9.30. The summed E-state index contributed by atoms with van der Waals surface area (Å²) in [5.74, 6) is 1.14. The molecule has 0 bridgehead atoms. The number of nitrogens with zero attached hydrogens (tertiary/aromatic N) is 2. The van der Waals surface area contributed by atoms with E-state index in [1.165, 1.54) is 37.7 Å². The molecular formula is C29H26ClFN4O4S. The smallest absolute Gasteiger partial charge is 0.141 e. The van der Waals surface area contributed by atoms with Crippen molar-refractivity contribution in [3.63, 3.8) is 0 Å². The molecule has 40 heavy (non-hydrogen) atoms. The number of fused-ring (bicyclic) bond motifs is 1. The average molecular weight is 585 g/mol. The average Bonchev–Trinajstić information content (AvgIpc) is 3.47. The minimum absolute atomic E-state index is 0.0139. The second-order valence-electron chi connectivity index (χ2n) is 8.23. The van der Waals surface area contributed by atoms with Crippen LogP contribution in [0.2, 0.25) is 5.02 Å². The number of ether oxygens (including phenoxy) is 1. The Kier molecular flexibility index (Phi) is 7.85. The third-order valence-electron chi connectivity index (χ3n) is 5.51. The number of anilines is 2. The molecule has 0 saturated heterocycles. The van der Waals surface area contributed by atoms with Gasteiger partial charge in [-0.1, -0.05) is 23.7 Å². The fourth-order valence-corrected chi connectivity index (χ4v) is 4.23. The van der Waals surface area contributed by atoms with E-state index in [0.717, 1.165) is 23.7 Å². The van der Waals surface area contributed by atoms with Gasteiger partial charge in [-0.05, 0) is 66.2 Å². The summed E-state index contributed by atoms with van der Waals surface area (Å²) in [5, 5.41) is 6.85. The van der Waals surface area contributed by atoms with Gasteiger partial charge in [0.2, 0.25) is 0 Å². The Morgan fingerprint density at radius 1 is 1.07 bits per heavy atom. The van der Waals surface area contributed by atoms with Crippen LogP contribution in [0.5, 0.6) is 5.75 Å². The Morgan fingerprint density at radius 2 is 2.00 bits per heavy atom. The van der Waals surface area contributed by atoms with Crippen molar-refractivity contribution in [2.45, 2.75) is 13.1 Å². The zero-order valence-electron chi connectivity index (χ0n) is 25.1. The molecule has 0 saturated carbocycles. The number of rotatable bonds is 13. The van der Waals surface area contributed by atoms with Crippen LogP contribution in [0.25, 0.3) is 22.2 Å². The molecule has 5 aromatic rings. The maximum Gasteiger partial charge on any atom is 0.141 e. The molecular weight excluding hydrogens is 555 g/mol. The Balaban J connectivity index is 1.31. The molecule has 0 spiro atoms. The van der Waals surface area contributed by atoms with Crippen LogP contribution in [0.1, 0.15) is 16.8 Å². The van der Waals surface area contributed by atoms with Crippen LogP contribution < -0.4 is 15.4 Å². The number of hydrogen-bond donors (Lipinski definition) is 2.